The third kappa shape index (κ3) is 3.66. The van der Waals surface area contributed by atoms with E-state index < -0.39 is 5.97 Å². The Morgan fingerprint density at radius 3 is 2.53 bits per heavy atom. The zero-order chi connectivity index (χ0) is 13.8. The molecule has 3 nitrogen and oxygen atoms in total. The molecule has 0 bridgehead atoms. The number of aryl methyl sites for hydroxylation is 1. The van der Waals surface area contributed by atoms with Gasteiger partial charge in [0.2, 0.25) is 0 Å². The summed E-state index contributed by atoms with van der Waals surface area (Å²) in [6.07, 6.45) is 3.77. The molecule has 1 saturated carbocycles. The van der Waals surface area contributed by atoms with Crippen molar-refractivity contribution in [3.8, 4) is 0 Å². The highest BCUT2D eigenvalue weighted by Crippen LogP contribution is 2.32. The van der Waals surface area contributed by atoms with Gasteiger partial charge in [0.1, 0.15) is 0 Å². The molecule has 1 aliphatic carbocycles. The fourth-order valence-electron chi connectivity index (χ4n) is 2.82. The van der Waals surface area contributed by atoms with Gasteiger partial charge in [-0.3, -0.25) is 9.59 Å². The van der Waals surface area contributed by atoms with Gasteiger partial charge in [0.05, 0.1) is 5.92 Å². The lowest BCUT2D eigenvalue weighted by molar-refractivity contribution is -0.143. The Morgan fingerprint density at radius 2 is 1.89 bits per heavy atom. The molecule has 0 aliphatic heterocycles. The Labute approximate surface area is 113 Å². The molecule has 3 heteroatoms. The summed E-state index contributed by atoms with van der Waals surface area (Å²) in [5.74, 6) is -0.614. The maximum atomic E-state index is 12.2. The van der Waals surface area contributed by atoms with Gasteiger partial charge >= 0.3 is 5.97 Å². The minimum Gasteiger partial charge on any atom is -0.481 e. The van der Waals surface area contributed by atoms with Crippen LogP contribution in [-0.2, 0) is 4.79 Å². The summed E-state index contributed by atoms with van der Waals surface area (Å²) in [6.45, 7) is 1.99. The fraction of sp³-hybridized carbons (Fsp3) is 0.500. The van der Waals surface area contributed by atoms with Gasteiger partial charge in [0.25, 0.3) is 0 Å². The van der Waals surface area contributed by atoms with Crippen LogP contribution in [0.5, 0.6) is 0 Å². The maximum Gasteiger partial charge on any atom is 0.306 e. The molecule has 2 unspecified atom stereocenters. The van der Waals surface area contributed by atoms with E-state index in [4.69, 9.17) is 5.11 Å². The van der Waals surface area contributed by atoms with Gasteiger partial charge in [-0.1, -0.05) is 36.2 Å². The van der Waals surface area contributed by atoms with Gasteiger partial charge in [0.15, 0.2) is 5.78 Å². The lowest BCUT2D eigenvalue weighted by Gasteiger charge is -2.26. The van der Waals surface area contributed by atoms with Gasteiger partial charge < -0.3 is 5.11 Å². The Hall–Kier alpha value is -1.64. The molecule has 1 aromatic carbocycles. The van der Waals surface area contributed by atoms with Crippen LogP contribution in [0.1, 0.15) is 48.0 Å². The topological polar surface area (TPSA) is 54.4 Å². The van der Waals surface area contributed by atoms with Gasteiger partial charge in [-0.15, -0.1) is 0 Å². The number of hydrogen-bond donors (Lipinski definition) is 1. The number of ketones is 1. The third-order valence-electron chi connectivity index (χ3n) is 3.98. The van der Waals surface area contributed by atoms with E-state index in [-0.39, 0.29) is 17.6 Å². The fourth-order valence-corrected chi connectivity index (χ4v) is 2.82. The number of carbonyl (C=O) groups excluding carboxylic acids is 1. The molecular formula is C16H20O3. The Bertz CT molecular complexity index is 461. The zero-order valence-electron chi connectivity index (χ0n) is 11.3. The van der Waals surface area contributed by atoms with Crippen molar-refractivity contribution in [2.24, 2.45) is 11.8 Å². The zero-order valence-corrected chi connectivity index (χ0v) is 11.3. The van der Waals surface area contributed by atoms with E-state index in [1.54, 1.807) is 0 Å². The molecule has 0 radical (unpaired) electrons. The van der Waals surface area contributed by atoms with E-state index in [0.717, 1.165) is 30.4 Å². The number of Topliss-reactive ketones (excluding diaryl/α,β-unsaturated/α-hetero) is 1. The number of carboxylic acid groups (broad SMARTS) is 1. The number of benzene rings is 1. The summed E-state index contributed by atoms with van der Waals surface area (Å²) in [6, 6.07) is 7.59. The number of rotatable bonds is 4. The molecule has 0 spiro atoms. The van der Waals surface area contributed by atoms with Crippen LogP contribution < -0.4 is 0 Å². The first-order valence-corrected chi connectivity index (χ1v) is 6.89. The van der Waals surface area contributed by atoms with E-state index in [2.05, 4.69) is 0 Å². The van der Waals surface area contributed by atoms with Crippen LogP contribution in [-0.4, -0.2) is 16.9 Å². The van der Waals surface area contributed by atoms with Crippen LogP contribution in [0.15, 0.2) is 24.3 Å². The van der Waals surface area contributed by atoms with Crippen LogP contribution in [0, 0.1) is 18.8 Å². The highest BCUT2D eigenvalue weighted by molar-refractivity contribution is 5.96. The molecule has 1 N–H and O–H groups in total. The average molecular weight is 260 g/mol. The Kier molecular flexibility index (Phi) is 4.35. The van der Waals surface area contributed by atoms with Crippen molar-refractivity contribution < 1.29 is 14.7 Å². The van der Waals surface area contributed by atoms with Crippen molar-refractivity contribution in [3.63, 3.8) is 0 Å². The maximum absolute atomic E-state index is 12.2. The SMILES string of the molecule is Cc1ccc(C(=O)CC2CCCC(C(=O)O)C2)cc1. The van der Waals surface area contributed by atoms with E-state index in [1.807, 2.05) is 31.2 Å². The van der Waals surface area contributed by atoms with Crippen LogP contribution in [0.2, 0.25) is 0 Å². The standard InChI is InChI=1S/C16H20O3/c1-11-5-7-13(8-6-11)15(17)10-12-3-2-4-14(9-12)16(18)19/h5-8,12,14H,2-4,9-10H2,1H3,(H,18,19). The predicted octanol–water partition coefficient (Wildman–Crippen LogP) is 3.46. The number of carboxylic acids is 1. The molecule has 0 amide bonds. The van der Waals surface area contributed by atoms with Gasteiger partial charge in [0, 0.05) is 12.0 Å². The lowest BCUT2D eigenvalue weighted by Crippen LogP contribution is -2.24. The number of carbonyl (C=O) groups is 2. The smallest absolute Gasteiger partial charge is 0.306 e. The van der Waals surface area contributed by atoms with Crippen LogP contribution >= 0.6 is 0 Å². The highest BCUT2D eigenvalue weighted by Gasteiger charge is 2.28. The van der Waals surface area contributed by atoms with Gasteiger partial charge in [-0.25, -0.2) is 0 Å². The summed E-state index contributed by atoms with van der Waals surface area (Å²) in [5.41, 5.74) is 1.88. The minimum atomic E-state index is -0.715. The van der Waals surface area contributed by atoms with Crippen molar-refractivity contribution in [2.75, 3.05) is 0 Å². The van der Waals surface area contributed by atoms with Crippen LogP contribution in [0.4, 0.5) is 0 Å². The predicted molar refractivity (Wildman–Crippen MR) is 73.2 cm³/mol. The molecular weight excluding hydrogens is 240 g/mol. The Balaban J connectivity index is 1.95. The van der Waals surface area contributed by atoms with Crippen LogP contribution in [0.3, 0.4) is 0 Å². The molecule has 19 heavy (non-hydrogen) atoms. The van der Waals surface area contributed by atoms with E-state index >= 15 is 0 Å². The van der Waals surface area contributed by atoms with Crippen molar-refractivity contribution in [3.05, 3.63) is 35.4 Å². The van der Waals surface area contributed by atoms with Gasteiger partial charge in [-0.05, 0) is 32.1 Å². The second-order valence-electron chi connectivity index (χ2n) is 5.56. The molecule has 1 aliphatic rings. The number of aliphatic carboxylic acids is 1. The summed E-state index contributed by atoms with van der Waals surface area (Å²) >= 11 is 0. The molecule has 2 atom stereocenters. The Morgan fingerprint density at radius 1 is 1.21 bits per heavy atom. The van der Waals surface area contributed by atoms with Crippen molar-refractivity contribution >= 4 is 11.8 Å². The second kappa shape index (κ2) is 6.00. The van der Waals surface area contributed by atoms with E-state index in [1.165, 1.54) is 0 Å². The normalized spacial score (nSPS) is 23.0. The first-order chi connectivity index (χ1) is 9.06. The summed E-state index contributed by atoms with van der Waals surface area (Å²) in [7, 11) is 0. The highest BCUT2D eigenvalue weighted by atomic mass is 16.4. The molecule has 2 rings (SSSR count). The third-order valence-corrected chi connectivity index (χ3v) is 3.98. The molecule has 0 heterocycles. The first-order valence-electron chi connectivity index (χ1n) is 6.89. The molecule has 1 aromatic rings. The van der Waals surface area contributed by atoms with Gasteiger partial charge in [-0.2, -0.15) is 0 Å². The van der Waals surface area contributed by atoms with E-state index in [9.17, 15) is 9.59 Å². The van der Waals surface area contributed by atoms with E-state index in [0.29, 0.717) is 12.8 Å². The summed E-state index contributed by atoms with van der Waals surface area (Å²) in [4.78, 5) is 23.2. The number of hydrogen-bond acceptors (Lipinski definition) is 2. The molecule has 1 fully saturated rings. The quantitative estimate of drug-likeness (QED) is 0.843. The largest absolute Gasteiger partial charge is 0.481 e. The second-order valence-corrected chi connectivity index (χ2v) is 5.56. The van der Waals surface area contributed by atoms with Crippen LogP contribution in [0.25, 0.3) is 0 Å². The molecule has 0 saturated heterocycles. The minimum absolute atomic E-state index is 0.135. The molecule has 0 aromatic heterocycles. The van der Waals surface area contributed by atoms with Crippen molar-refractivity contribution in [1.82, 2.24) is 0 Å². The average Bonchev–Trinajstić information content (AvgIpc) is 2.39. The summed E-state index contributed by atoms with van der Waals surface area (Å²) in [5, 5.41) is 9.05. The van der Waals surface area contributed by atoms with Crippen molar-refractivity contribution in [1.29, 1.82) is 0 Å². The lowest BCUT2D eigenvalue weighted by atomic mass is 9.78. The first kappa shape index (κ1) is 13.8. The monoisotopic (exact) mass is 260 g/mol. The van der Waals surface area contributed by atoms with Crippen molar-refractivity contribution in [2.45, 2.75) is 39.0 Å². The summed E-state index contributed by atoms with van der Waals surface area (Å²) < 4.78 is 0. The molecule has 102 valence electrons.